The molecule has 0 unspecified atom stereocenters. The van der Waals surface area contributed by atoms with Crippen molar-refractivity contribution in [3.05, 3.63) is 33.8 Å². The van der Waals surface area contributed by atoms with E-state index in [4.69, 9.17) is 23.2 Å². The van der Waals surface area contributed by atoms with Gasteiger partial charge in [-0.3, -0.25) is 4.21 Å². The van der Waals surface area contributed by atoms with Gasteiger partial charge in [-0.2, -0.15) is 0 Å². The van der Waals surface area contributed by atoms with Crippen LogP contribution in [0.1, 0.15) is 39.7 Å². The largest absolute Gasteiger partial charge is 0.259 e. The van der Waals surface area contributed by atoms with Crippen LogP contribution in [0.15, 0.2) is 18.2 Å². The molecule has 108 valence electrons. The lowest BCUT2D eigenvalue weighted by atomic mass is 10.0. The first-order chi connectivity index (χ1) is 8.70. The number of benzene rings is 1. The lowest BCUT2D eigenvalue weighted by Gasteiger charge is -2.20. The van der Waals surface area contributed by atoms with Gasteiger partial charge in [-0.15, -0.1) is 0 Å². The molecule has 0 heterocycles. The molecule has 0 saturated carbocycles. The molecule has 0 fully saturated rings. The van der Waals surface area contributed by atoms with Crippen molar-refractivity contribution in [1.82, 2.24) is 0 Å². The highest BCUT2D eigenvalue weighted by molar-refractivity contribution is 7.86. The maximum absolute atomic E-state index is 12.1. The van der Waals surface area contributed by atoms with Crippen LogP contribution in [0.2, 0.25) is 10.0 Å². The van der Waals surface area contributed by atoms with Crippen LogP contribution in [0.5, 0.6) is 0 Å². The molecule has 0 aromatic heterocycles. The Kier molecular flexibility index (Phi) is 6.35. The second-order valence-electron chi connectivity index (χ2n) is 6.02. The van der Waals surface area contributed by atoms with Crippen molar-refractivity contribution in [2.24, 2.45) is 5.92 Å². The molecular formula is C15H22Cl2OS. The first-order valence-corrected chi connectivity index (χ1v) is 8.60. The fourth-order valence-electron chi connectivity index (χ4n) is 1.70. The molecule has 1 rings (SSSR count). The van der Waals surface area contributed by atoms with Crippen LogP contribution in [0.25, 0.3) is 0 Å². The molecule has 0 saturated heterocycles. The summed E-state index contributed by atoms with van der Waals surface area (Å²) in [5, 5.41) is 1.19. The van der Waals surface area contributed by atoms with E-state index in [0.717, 1.165) is 18.6 Å². The quantitative estimate of drug-likeness (QED) is 0.736. The molecule has 0 radical (unpaired) electrons. The van der Waals surface area contributed by atoms with Crippen LogP contribution in [0.3, 0.4) is 0 Å². The Morgan fingerprint density at radius 2 is 1.84 bits per heavy atom. The molecule has 0 spiro atoms. The fraction of sp³-hybridized carbons (Fsp3) is 0.600. The second-order valence-corrected chi connectivity index (χ2v) is 9.08. The average Bonchev–Trinajstić information content (AvgIpc) is 2.29. The third kappa shape index (κ3) is 5.85. The molecule has 0 bridgehead atoms. The third-order valence-corrected chi connectivity index (χ3v) is 6.01. The van der Waals surface area contributed by atoms with E-state index in [1.165, 1.54) is 5.56 Å². The smallest absolute Gasteiger partial charge is 0.0595 e. The highest BCUT2D eigenvalue weighted by Gasteiger charge is 2.21. The Morgan fingerprint density at radius 1 is 1.21 bits per heavy atom. The van der Waals surface area contributed by atoms with Crippen molar-refractivity contribution >= 4 is 34.0 Å². The van der Waals surface area contributed by atoms with E-state index in [1.54, 1.807) is 0 Å². The lowest BCUT2D eigenvalue weighted by molar-refractivity contribution is 0.573. The van der Waals surface area contributed by atoms with E-state index in [0.29, 0.717) is 16.0 Å². The summed E-state index contributed by atoms with van der Waals surface area (Å²) in [7, 11) is -0.781. The Balaban J connectivity index is 2.48. The van der Waals surface area contributed by atoms with Gasteiger partial charge in [0.15, 0.2) is 0 Å². The first-order valence-electron chi connectivity index (χ1n) is 6.52. The van der Waals surface area contributed by atoms with Gasteiger partial charge in [-0.25, -0.2) is 0 Å². The zero-order valence-electron chi connectivity index (χ0n) is 12.0. The van der Waals surface area contributed by atoms with E-state index in [-0.39, 0.29) is 4.75 Å². The molecule has 0 aliphatic rings. The van der Waals surface area contributed by atoms with Crippen molar-refractivity contribution in [1.29, 1.82) is 0 Å². The van der Waals surface area contributed by atoms with Gasteiger partial charge in [0.25, 0.3) is 0 Å². The summed E-state index contributed by atoms with van der Waals surface area (Å²) in [6.45, 7) is 8.22. The van der Waals surface area contributed by atoms with E-state index in [2.05, 4.69) is 6.92 Å². The van der Waals surface area contributed by atoms with Crippen molar-refractivity contribution in [3.63, 3.8) is 0 Å². The van der Waals surface area contributed by atoms with Crippen LogP contribution in [0, 0.1) is 5.92 Å². The number of hydrogen-bond acceptors (Lipinski definition) is 1. The van der Waals surface area contributed by atoms with Gasteiger partial charge < -0.3 is 0 Å². The number of hydrogen-bond donors (Lipinski definition) is 0. The molecule has 0 aliphatic carbocycles. The molecular weight excluding hydrogens is 299 g/mol. The number of aryl methyl sites for hydroxylation is 1. The van der Waals surface area contributed by atoms with Crippen molar-refractivity contribution in [2.75, 3.05) is 5.75 Å². The van der Waals surface area contributed by atoms with Gasteiger partial charge in [0, 0.05) is 21.3 Å². The highest BCUT2D eigenvalue weighted by atomic mass is 35.5. The van der Waals surface area contributed by atoms with Crippen LogP contribution in [-0.4, -0.2) is 14.7 Å². The maximum atomic E-state index is 12.1. The van der Waals surface area contributed by atoms with Crippen molar-refractivity contribution in [3.8, 4) is 0 Å². The summed E-state index contributed by atoms with van der Waals surface area (Å²) in [5.74, 6) is 1.19. The average molecular weight is 321 g/mol. The fourth-order valence-corrected chi connectivity index (χ4v) is 3.20. The minimum absolute atomic E-state index is 0.127. The second kappa shape index (κ2) is 7.10. The van der Waals surface area contributed by atoms with Crippen LogP contribution < -0.4 is 0 Å². The third-order valence-electron chi connectivity index (χ3n) is 3.03. The van der Waals surface area contributed by atoms with E-state index >= 15 is 0 Å². The van der Waals surface area contributed by atoms with Gasteiger partial charge >= 0.3 is 0 Å². The van der Waals surface area contributed by atoms with Gasteiger partial charge in [0.2, 0.25) is 0 Å². The summed E-state index contributed by atoms with van der Waals surface area (Å²) in [6.07, 6.45) is 1.96. The Labute approximate surface area is 129 Å². The van der Waals surface area contributed by atoms with Crippen molar-refractivity contribution in [2.45, 2.75) is 45.3 Å². The molecule has 0 aliphatic heterocycles. The predicted molar refractivity (Wildman–Crippen MR) is 86.7 cm³/mol. The minimum atomic E-state index is -0.781. The summed E-state index contributed by atoms with van der Waals surface area (Å²) in [6, 6.07) is 5.75. The Hall–Kier alpha value is -0.0500. The summed E-state index contributed by atoms with van der Waals surface area (Å²) in [4.78, 5) is 0. The lowest BCUT2D eigenvalue weighted by Crippen LogP contribution is -2.26. The molecule has 1 nitrogen and oxygen atoms in total. The van der Waals surface area contributed by atoms with Crippen molar-refractivity contribution < 1.29 is 4.21 Å². The van der Waals surface area contributed by atoms with Gasteiger partial charge in [-0.1, -0.05) is 36.2 Å². The molecule has 0 N–H and O–H groups in total. The predicted octanol–water partition coefficient (Wildman–Crippen LogP) is 5.11. The minimum Gasteiger partial charge on any atom is -0.259 e. The zero-order chi connectivity index (χ0) is 14.6. The summed E-state index contributed by atoms with van der Waals surface area (Å²) in [5.41, 5.74) is 1.18. The standard InChI is InChI=1S/C15H22Cl2OS/c1-11(10-19(18)15(2,3)4)5-6-12-7-8-13(16)14(17)9-12/h7-9,11H,5-6,10H2,1-4H3/t11-,19+/m1/s1. The molecule has 1 aromatic rings. The monoisotopic (exact) mass is 320 g/mol. The normalized spacial score (nSPS) is 15.3. The number of rotatable bonds is 5. The van der Waals surface area contributed by atoms with E-state index < -0.39 is 10.8 Å². The molecule has 2 atom stereocenters. The SMILES string of the molecule is C[C@H](CCc1ccc(Cl)c(Cl)c1)C[S@](=O)C(C)(C)C. The molecule has 1 aromatic carbocycles. The number of halogens is 2. The highest BCUT2D eigenvalue weighted by Crippen LogP contribution is 2.24. The first kappa shape index (κ1) is 17.0. The summed E-state index contributed by atoms with van der Waals surface area (Å²) >= 11 is 11.9. The van der Waals surface area contributed by atoms with Crippen LogP contribution in [-0.2, 0) is 17.2 Å². The van der Waals surface area contributed by atoms with Gasteiger partial charge in [0.1, 0.15) is 0 Å². The van der Waals surface area contributed by atoms with E-state index in [1.807, 2.05) is 39.0 Å². The maximum Gasteiger partial charge on any atom is 0.0595 e. The van der Waals surface area contributed by atoms with Gasteiger partial charge in [0.05, 0.1) is 10.0 Å². The summed E-state index contributed by atoms with van der Waals surface area (Å²) < 4.78 is 11.9. The molecule has 0 amide bonds. The molecule has 4 heteroatoms. The Bertz CT molecular complexity index is 452. The zero-order valence-corrected chi connectivity index (χ0v) is 14.3. The van der Waals surface area contributed by atoms with Crippen LogP contribution in [0.4, 0.5) is 0 Å². The van der Waals surface area contributed by atoms with E-state index in [9.17, 15) is 4.21 Å². The molecule has 19 heavy (non-hydrogen) atoms. The van der Waals surface area contributed by atoms with Crippen LogP contribution >= 0.6 is 23.2 Å². The Morgan fingerprint density at radius 3 is 2.37 bits per heavy atom. The topological polar surface area (TPSA) is 17.1 Å². The van der Waals surface area contributed by atoms with Gasteiger partial charge in [-0.05, 0) is 57.2 Å².